The number of hydrogen-bond acceptors (Lipinski definition) is 5. The quantitative estimate of drug-likeness (QED) is 0.867. The number of nitriles is 1. The van der Waals surface area contributed by atoms with Gasteiger partial charge in [0.25, 0.3) is 0 Å². The smallest absolute Gasteiger partial charge is 0.240 e. The third kappa shape index (κ3) is 3.41. The fraction of sp³-hybridized carbons (Fsp3) is 0.353. The fourth-order valence-corrected chi connectivity index (χ4v) is 2.55. The molecular weight excluding hydrogens is 276 g/mol. The van der Waals surface area contributed by atoms with Gasteiger partial charge in [0.2, 0.25) is 5.89 Å². The van der Waals surface area contributed by atoms with Crippen molar-refractivity contribution in [3.8, 4) is 6.07 Å². The Morgan fingerprint density at radius 1 is 1.36 bits per heavy atom. The summed E-state index contributed by atoms with van der Waals surface area (Å²) in [4.78, 5) is 6.68. The molecule has 5 heteroatoms. The number of nitrogens with zero attached hydrogens (tertiary/aromatic N) is 4. The summed E-state index contributed by atoms with van der Waals surface area (Å²) < 4.78 is 5.34. The Morgan fingerprint density at radius 3 is 2.95 bits per heavy atom. The van der Waals surface area contributed by atoms with Gasteiger partial charge in [0.05, 0.1) is 12.6 Å². The average Bonchev–Trinajstić information content (AvgIpc) is 2.97. The van der Waals surface area contributed by atoms with E-state index in [-0.39, 0.29) is 0 Å². The van der Waals surface area contributed by atoms with Crippen LogP contribution in [0.4, 0.5) is 0 Å². The molecule has 1 aromatic heterocycles. The van der Waals surface area contributed by atoms with Crippen molar-refractivity contribution in [2.45, 2.75) is 26.3 Å². The molecule has 0 bridgehead atoms. The first-order valence-electron chi connectivity index (χ1n) is 7.42. The molecule has 0 atom stereocenters. The zero-order valence-electron chi connectivity index (χ0n) is 12.6. The van der Waals surface area contributed by atoms with Gasteiger partial charge in [-0.25, -0.2) is 0 Å². The number of rotatable bonds is 4. The standard InChI is InChI=1S/C17H18N4O/c1-13-4-2-3-5-15(13)10-16-19-17(22-20-16)12-21-8-6-14(11-18)7-9-21/h2-6H,7-10,12H2,1H3. The minimum Gasteiger partial charge on any atom is -0.338 e. The van der Waals surface area contributed by atoms with Crippen LogP contribution < -0.4 is 0 Å². The van der Waals surface area contributed by atoms with Crippen LogP contribution in [0.1, 0.15) is 29.3 Å². The lowest BCUT2D eigenvalue weighted by atomic mass is 10.1. The predicted molar refractivity (Wildman–Crippen MR) is 81.9 cm³/mol. The second kappa shape index (κ2) is 6.54. The van der Waals surface area contributed by atoms with E-state index in [9.17, 15) is 0 Å². The summed E-state index contributed by atoms with van der Waals surface area (Å²) in [7, 11) is 0. The van der Waals surface area contributed by atoms with Gasteiger partial charge in [0, 0.05) is 25.1 Å². The van der Waals surface area contributed by atoms with Gasteiger partial charge < -0.3 is 4.52 Å². The van der Waals surface area contributed by atoms with Gasteiger partial charge in [-0.3, -0.25) is 4.90 Å². The van der Waals surface area contributed by atoms with Crippen molar-refractivity contribution in [1.29, 1.82) is 5.26 Å². The molecule has 0 radical (unpaired) electrons. The predicted octanol–water partition coefficient (Wildman–Crippen LogP) is 2.62. The molecular formula is C17H18N4O. The van der Waals surface area contributed by atoms with Gasteiger partial charge in [-0.2, -0.15) is 10.2 Å². The van der Waals surface area contributed by atoms with Crippen LogP contribution in [-0.4, -0.2) is 28.1 Å². The molecule has 2 aromatic rings. The molecule has 0 amide bonds. The Hall–Kier alpha value is -2.45. The minimum absolute atomic E-state index is 0.635. The maximum atomic E-state index is 8.86. The van der Waals surface area contributed by atoms with E-state index in [1.54, 1.807) is 0 Å². The summed E-state index contributed by atoms with van der Waals surface area (Å²) in [5, 5.41) is 12.9. The Bertz CT molecular complexity index is 726. The van der Waals surface area contributed by atoms with Crippen LogP contribution in [0.5, 0.6) is 0 Å². The van der Waals surface area contributed by atoms with Gasteiger partial charge in [-0.1, -0.05) is 35.5 Å². The Balaban J connectivity index is 1.62. The topological polar surface area (TPSA) is 66.0 Å². The van der Waals surface area contributed by atoms with Gasteiger partial charge in [-0.05, 0) is 24.5 Å². The summed E-state index contributed by atoms with van der Waals surface area (Å²) in [6, 6.07) is 10.4. The molecule has 3 rings (SSSR count). The third-order valence-electron chi connectivity index (χ3n) is 3.92. The summed E-state index contributed by atoms with van der Waals surface area (Å²) in [5.41, 5.74) is 3.32. The lowest BCUT2D eigenvalue weighted by Crippen LogP contribution is -2.28. The normalized spacial score (nSPS) is 15.4. The van der Waals surface area contributed by atoms with E-state index in [1.807, 2.05) is 18.2 Å². The van der Waals surface area contributed by atoms with Crippen LogP contribution in [0.3, 0.4) is 0 Å². The van der Waals surface area contributed by atoms with Crippen molar-refractivity contribution < 1.29 is 4.52 Å². The summed E-state index contributed by atoms with van der Waals surface area (Å²) in [6.45, 7) is 4.34. The number of aromatic nitrogens is 2. The second-order valence-electron chi connectivity index (χ2n) is 5.53. The molecule has 1 aromatic carbocycles. The van der Waals surface area contributed by atoms with Crippen molar-refractivity contribution in [3.63, 3.8) is 0 Å². The van der Waals surface area contributed by atoms with Crippen LogP contribution in [0.2, 0.25) is 0 Å². The van der Waals surface area contributed by atoms with Crippen LogP contribution >= 0.6 is 0 Å². The maximum Gasteiger partial charge on any atom is 0.240 e. The highest BCUT2D eigenvalue weighted by atomic mass is 16.5. The van der Waals surface area contributed by atoms with E-state index in [4.69, 9.17) is 9.78 Å². The van der Waals surface area contributed by atoms with Crippen molar-refractivity contribution >= 4 is 0 Å². The molecule has 0 saturated heterocycles. The molecule has 5 nitrogen and oxygen atoms in total. The van der Waals surface area contributed by atoms with Gasteiger partial charge in [-0.15, -0.1) is 0 Å². The third-order valence-corrected chi connectivity index (χ3v) is 3.92. The summed E-state index contributed by atoms with van der Waals surface area (Å²) in [5.74, 6) is 1.35. The largest absolute Gasteiger partial charge is 0.338 e. The Labute approximate surface area is 129 Å². The Morgan fingerprint density at radius 2 is 2.23 bits per heavy atom. The molecule has 112 valence electrons. The van der Waals surface area contributed by atoms with E-state index in [1.165, 1.54) is 11.1 Å². The molecule has 2 heterocycles. The first kappa shape index (κ1) is 14.5. The highest BCUT2D eigenvalue weighted by Crippen LogP contribution is 2.14. The van der Waals surface area contributed by atoms with Gasteiger partial charge in [0.15, 0.2) is 5.82 Å². The van der Waals surface area contributed by atoms with E-state index in [0.717, 1.165) is 30.9 Å². The average molecular weight is 294 g/mol. The minimum atomic E-state index is 0.635. The number of benzene rings is 1. The molecule has 0 fully saturated rings. The molecule has 0 N–H and O–H groups in total. The molecule has 1 aliphatic rings. The Kier molecular flexibility index (Phi) is 4.31. The van der Waals surface area contributed by atoms with Gasteiger partial charge in [0.1, 0.15) is 0 Å². The van der Waals surface area contributed by atoms with E-state index in [0.29, 0.717) is 18.9 Å². The number of hydrogen-bond donors (Lipinski definition) is 0. The highest BCUT2D eigenvalue weighted by molar-refractivity contribution is 5.28. The lowest BCUT2D eigenvalue weighted by Gasteiger charge is -2.22. The summed E-state index contributed by atoms with van der Waals surface area (Å²) >= 11 is 0. The zero-order chi connectivity index (χ0) is 15.4. The molecule has 1 aliphatic heterocycles. The second-order valence-corrected chi connectivity index (χ2v) is 5.53. The van der Waals surface area contributed by atoms with Crippen LogP contribution in [-0.2, 0) is 13.0 Å². The SMILES string of the molecule is Cc1ccccc1Cc1noc(CN2CC=C(C#N)CC2)n1. The first-order valence-corrected chi connectivity index (χ1v) is 7.42. The number of aryl methyl sites for hydroxylation is 1. The fourth-order valence-electron chi connectivity index (χ4n) is 2.55. The first-order chi connectivity index (χ1) is 10.7. The highest BCUT2D eigenvalue weighted by Gasteiger charge is 2.15. The van der Waals surface area contributed by atoms with Crippen LogP contribution in [0.25, 0.3) is 0 Å². The van der Waals surface area contributed by atoms with E-state index in [2.05, 4.69) is 40.2 Å². The lowest BCUT2D eigenvalue weighted by molar-refractivity contribution is 0.241. The van der Waals surface area contributed by atoms with E-state index < -0.39 is 0 Å². The zero-order valence-corrected chi connectivity index (χ0v) is 12.6. The van der Waals surface area contributed by atoms with Crippen molar-refractivity contribution in [3.05, 3.63) is 58.8 Å². The van der Waals surface area contributed by atoms with Crippen LogP contribution in [0, 0.1) is 18.3 Å². The maximum absolute atomic E-state index is 8.86. The van der Waals surface area contributed by atoms with Crippen molar-refractivity contribution in [1.82, 2.24) is 15.0 Å². The summed E-state index contributed by atoms with van der Waals surface area (Å²) in [6.07, 6.45) is 3.45. The van der Waals surface area contributed by atoms with Crippen LogP contribution in [0.15, 0.2) is 40.4 Å². The van der Waals surface area contributed by atoms with Crippen molar-refractivity contribution in [2.24, 2.45) is 0 Å². The van der Waals surface area contributed by atoms with E-state index >= 15 is 0 Å². The molecule has 0 aliphatic carbocycles. The molecule has 0 spiro atoms. The molecule has 22 heavy (non-hydrogen) atoms. The molecule has 0 saturated carbocycles. The van der Waals surface area contributed by atoms with Crippen molar-refractivity contribution in [2.75, 3.05) is 13.1 Å². The van der Waals surface area contributed by atoms with Gasteiger partial charge >= 0.3 is 0 Å². The monoisotopic (exact) mass is 294 g/mol. The molecule has 0 unspecified atom stereocenters.